The van der Waals surface area contributed by atoms with Crippen LogP contribution in [0, 0.1) is 38.0 Å². The zero-order chi connectivity index (χ0) is 29.5. The van der Waals surface area contributed by atoms with Crippen LogP contribution >= 0.6 is 0 Å². The Morgan fingerprint density at radius 1 is 1.03 bits per heavy atom. The molecule has 0 saturated heterocycles. The number of nitrogens with one attached hydrogen (secondary N) is 2. The molecule has 3 N–H and O–H groups in total. The van der Waals surface area contributed by atoms with E-state index in [4.69, 9.17) is 4.74 Å². The first-order valence-corrected chi connectivity index (χ1v) is 13.0. The Hall–Kier alpha value is -4.06. The largest absolute Gasteiger partial charge is 0.507 e. The molecule has 0 aliphatic rings. The third-order valence-corrected chi connectivity index (χ3v) is 6.07. The number of alkyl carbamates (subject to hydrolysis) is 1. The Kier molecular flexibility index (Phi) is 10.5. The van der Waals surface area contributed by atoms with Crippen LogP contribution in [0.1, 0.15) is 69.3 Å². The number of aryl methyl sites for hydroxylation is 3. The van der Waals surface area contributed by atoms with Crippen molar-refractivity contribution in [3.05, 3.63) is 58.7 Å². The number of hydrogen-bond donors (Lipinski definition) is 3. The molecule has 39 heavy (non-hydrogen) atoms. The molecule has 2 atom stereocenters. The molecule has 0 saturated carbocycles. The number of aromatic hydroxyl groups is 1. The smallest absolute Gasteiger partial charge is 0.408 e. The highest BCUT2D eigenvalue weighted by atomic mass is 16.6. The third kappa shape index (κ3) is 8.47. The van der Waals surface area contributed by atoms with Gasteiger partial charge in [0.25, 0.3) is 5.91 Å². The van der Waals surface area contributed by atoms with Gasteiger partial charge < -0.3 is 25.4 Å². The normalized spacial score (nSPS) is 12.7. The lowest BCUT2D eigenvalue weighted by Crippen LogP contribution is -2.53. The summed E-state index contributed by atoms with van der Waals surface area (Å²) in [7, 11) is 0. The van der Waals surface area contributed by atoms with Gasteiger partial charge in [-0.25, -0.2) is 4.79 Å². The van der Waals surface area contributed by atoms with Gasteiger partial charge >= 0.3 is 6.09 Å². The summed E-state index contributed by atoms with van der Waals surface area (Å²) in [5.41, 5.74) is 2.10. The maximum Gasteiger partial charge on any atom is 0.408 e. The van der Waals surface area contributed by atoms with Gasteiger partial charge in [0.05, 0.1) is 6.07 Å². The number of phenolic OH excluding ortho intramolecular Hbond substituents is 1. The zero-order valence-corrected chi connectivity index (χ0v) is 24.1. The molecule has 2 aromatic rings. The van der Waals surface area contributed by atoms with Crippen molar-refractivity contribution in [1.82, 2.24) is 10.2 Å². The summed E-state index contributed by atoms with van der Waals surface area (Å²) in [6.45, 7) is 13.8. The first-order valence-electron chi connectivity index (χ1n) is 13.0. The zero-order valence-electron chi connectivity index (χ0n) is 24.1. The monoisotopic (exact) mass is 536 g/mol. The number of hydrogen-bond acceptors (Lipinski definition) is 6. The summed E-state index contributed by atoms with van der Waals surface area (Å²) in [5.74, 6) is -1.40. The molecule has 9 nitrogen and oxygen atoms in total. The van der Waals surface area contributed by atoms with E-state index in [9.17, 15) is 24.8 Å². The fourth-order valence-corrected chi connectivity index (χ4v) is 4.27. The SMILES string of the molecule is Cc1cccc(C(C(=O)Nc2c(C)cccc2C)N(CC#N)C(=O)C(CC(C)C)NC(=O)OC(C)(C)C)c1O. The molecular weight excluding hydrogens is 496 g/mol. The van der Waals surface area contributed by atoms with Crippen molar-refractivity contribution >= 4 is 23.6 Å². The number of carbonyl (C=O) groups is 3. The minimum Gasteiger partial charge on any atom is -0.507 e. The number of para-hydroxylation sites is 2. The lowest BCUT2D eigenvalue weighted by Gasteiger charge is -2.34. The molecule has 0 heterocycles. The van der Waals surface area contributed by atoms with Crippen LogP contribution in [0.4, 0.5) is 10.5 Å². The Balaban J connectivity index is 2.61. The number of ether oxygens (including phenoxy) is 1. The topological polar surface area (TPSA) is 132 Å². The molecule has 0 radical (unpaired) electrons. The number of benzene rings is 2. The number of amides is 3. The summed E-state index contributed by atoms with van der Waals surface area (Å²) in [5, 5.41) is 26.2. The molecule has 0 fully saturated rings. The summed E-state index contributed by atoms with van der Waals surface area (Å²) >= 11 is 0. The maximum atomic E-state index is 14.0. The summed E-state index contributed by atoms with van der Waals surface area (Å²) in [4.78, 5) is 41.7. The van der Waals surface area contributed by atoms with Gasteiger partial charge in [-0.1, -0.05) is 50.2 Å². The van der Waals surface area contributed by atoms with E-state index < -0.39 is 42.1 Å². The lowest BCUT2D eigenvalue weighted by atomic mass is 9.97. The minimum absolute atomic E-state index is 0.00732. The van der Waals surface area contributed by atoms with Crippen LogP contribution in [-0.4, -0.2) is 46.1 Å². The van der Waals surface area contributed by atoms with Gasteiger partial charge in [0.2, 0.25) is 5.91 Å². The molecule has 2 rings (SSSR count). The summed E-state index contributed by atoms with van der Waals surface area (Å²) < 4.78 is 5.37. The van der Waals surface area contributed by atoms with Crippen LogP contribution in [0.3, 0.4) is 0 Å². The Labute approximate surface area is 231 Å². The second kappa shape index (κ2) is 13.1. The van der Waals surface area contributed by atoms with E-state index in [2.05, 4.69) is 10.6 Å². The predicted octanol–water partition coefficient (Wildman–Crippen LogP) is 5.29. The van der Waals surface area contributed by atoms with Crippen LogP contribution in [0.15, 0.2) is 36.4 Å². The van der Waals surface area contributed by atoms with Crippen molar-refractivity contribution in [3.63, 3.8) is 0 Å². The number of nitrogens with zero attached hydrogens (tertiary/aromatic N) is 2. The van der Waals surface area contributed by atoms with E-state index in [0.717, 1.165) is 16.0 Å². The Bertz CT molecular complexity index is 1220. The molecule has 0 aliphatic carbocycles. The average molecular weight is 537 g/mol. The molecule has 2 unspecified atom stereocenters. The fraction of sp³-hybridized carbons (Fsp3) is 0.467. The standard InChI is InChI=1S/C30H40N4O5/c1-18(2)17-23(32-29(38)39-30(6,7)8)28(37)34(16-15-31)25(22-14-10-13-21(5)26(22)35)27(36)33-24-19(3)11-9-12-20(24)4/h9-14,18,23,25,35H,16-17H2,1-8H3,(H,32,38)(H,33,36). The maximum absolute atomic E-state index is 14.0. The van der Waals surface area contributed by atoms with Gasteiger partial charge in [-0.3, -0.25) is 9.59 Å². The van der Waals surface area contributed by atoms with Gasteiger partial charge in [-0.2, -0.15) is 5.26 Å². The van der Waals surface area contributed by atoms with E-state index in [1.165, 1.54) is 0 Å². The van der Waals surface area contributed by atoms with E-state index in [0.29, 0.717) is 11.3 Å². The van der Waals surface area contributed by atoms with Crippen LogP contribution in [0.2, 0.25) is 0 Å². The fourth-order valence-electron chi connectivity index (χ4n) is 4.27. The lowest BCUT2D eigenvalue weighted by molar-refractivity contribution is -0.140. The van der Waals surface area contributed by atoms with E-state index in [1.54, 1.807) is 45.9 Å². The molecule has 0 aromatic heterocycles. The van der Waals surface area contributed by atoms with Crippen molar-refractivity contribution < 1.29 is 24.2 Å². The summed E-state index contributed by atoms with van der Waals surface area (Å²) in [6.07, 6.45) is -0.543. The van der Waals surface area contributed by atoms with Crippen molar-refractivity contribution in [2.24, 2.45) is 5.92 Å². The van der Waals surface area contributed by atoms with Crippen LogP contribution in [-0.2, 0) is 14.3 Å². The average Bonchev–Trinajstić information content (AvgIpc) is 2.81. The van der Waals surface area contributed by atoms with Gasteiger partial charge in [0, 0.05) is 11.3 Å². The van der Waals surface area contributed by atoms with Gasteiger partial charge in [-0.05, 0) is 70.6 Å². The molecule has 0 aliphatic heterocycles. The molecule has 0 spiro atoms. The van der Waals surface area contributed by atoms with Crippen molar-refractivity contribution in [1.29, 1.82) is 5.26 Å². The van der Waals surface area contributed by atoms with Crippen LogP contribution in [0.25, 0.3) is 0 Å². The first-order chi connectivity index (χ1) is 18.2. The van der Waals surface area contributed by atoms with Crippen LogP contribution < -0.4 is 10.6 Å². The molecule has 9 heteroatoms. The van der Waals surface area contributed by atoms with E-state index >= 15 is 0 Å². The molecule has 3 amide bonds. The molecule has 2 aromatic carbocycles. The number of nitriles is 1. The number of anilines is 1. The van der Waals surface area contributed by atoms with Crippen molar-refractivity contribution in [3.8, 4) is 11.8 Å². The van der Waals surface area contributed by atoms with Gasteiger partial charge in [-0.15, -0.1) is 0 Å². The first kappa shape index (κ1) is 31.2. The summed E-state index contributed by atoms with van der Waals surface area (Å²) in [6, 6.07) is 10.0. The Morgan fingerprint density at radius 2 is 1.59 bits per heavy atom. The van der Waals surface area contributed by atoms with E-state index in [-0.39, 0.29) is 23.7 Å². The molecular formula is C30H40N4O5. The second-order valence-corrected chi connectivity index (χ2v) is 11.1. The second-order valence-electron chi connectivity index (χ2n) is 11.1. The molecule has 210 valence electrons. The third-order valence-electron chi connectivity index (χ3n) is 6.07. The number of rotatable bonds is 9. The van der Waals surface area contributed by atoms with Crippen molar-refractivity contribution in [2.45, 2.75) is 79.5 Å². The number of carbonyl (C=O) groups excluding carboxylic acids is 3. The molecule has 0 bridgehead atoms. The van der Waals surface area contributed by atoms with Gasteiger partial charge in [0.1, 0.15) is 30.0 Å². The quantitative estimate of drug-likeness (QED) is 0.373. The number of phenols is 1. The highest BCUT2D eigenvalue weighted by Crippen LogP contribution is 2.34. The highest BCUT2D eigenvalue weighted by Gasteiger charge is 2.38. The predicted molar refractivity (Wildman–Crippen MR) is 150 cm³/mol. The highest BCUT2D eigenvalue weighted by molar-refractivity contribution is 6.00. The minimum atomic E-state index is -1.36. The van der Waals surface area contributed by atoms with Crippen LogP contribution in [0.5, 0.6) is 5.75 Å². The van der Waals surface area contributed by atoms with E-state index in [1.807, 2.05) is 52.0 Å². The van der Waals surface area contributed by atoms with Gasteiger partial charge in [0.15, 0.2) is 0 Å². The Morgan fingerprint density at radius 3 is 2.13 bits per heavy atom. The van der Waals surface area contributed by atoms with Crippen molar-refractivity contribution in [2.75, 3.05) is 11.9 Å².